The van der Waals surface area contributed by atoms with Gasteiger partial charge in [-0.2, -0.15) is 0 Å². The second-order valence-electron chi connectivity index (χ2n) is 5.85. The van der Waals surface area contributed by atoms with Crippen LogP contribution in [-0.4, -0.2) is 41.0 Å². The minimum absolute atomic E-state index is 0.254. The molecule has 29 heavy (non-hydrogen) atoms. The third-order valence-corrected chi connectivity index (χ3v) is 4.98. The number of nitrogens with zero attached hydrogens (tertiary/aromatic N) is 6. The lowest BCUT2D eigenvalue weighted by atomic mass is 10.2. The second-order valence-corrected chi connectivity index (χ2v) is 6.93. The first-order chi connectivity index (χ1) is 14.1. The van der Waals surface area contributed by atoms with Crippen LogP contribution in [0.3, 0.4) is 0 Å². The summed E-state index contributed by atoms with van der Waals surface area (Å²) in [6.45, 7) is 2.17. The number of hydrogen-bond donors (Lipinski definition) is 1. The summed E-state index contributed by atoms with van der Waals surface area (Å²) in [6, 6.07) is 7.59. The van der Waals surface area contributed by atoms with Crippen LogP contribution in [0.15, 0.2) is 49.1 Å². The SMILES string of the molecule is Cc1nc(COc2ncccn2)sc1-c1cccc(-c2cnc(C(=O)O)nc2)n1. The van der Waals surface area contributed by atoms with E-state index in [0.717, 1.165) is 21.3 Å². The van der Waals surface area contributed by atoms with Crippen molar-refractivity contribution >= 4 is 17.3 Å². The van der Waals surface area contributed by atoms with E-state index in [1.54, 1.807) is 18.5 Å². The van der Waals surface area contributed by atoms with Crippen molar-refractivity contribution in [2.45, 2.75) is 13.5 Å². The summed E-state index contributed by atoms with van der Waals surface area (Å²) in [7, 11) is 0. The quantitative estimate of drug-likeness (QED) is 0.514. The zero-order chi connectivity index (χ0) is 20.2. The van der Waals surface area contributed by atoms with Gasteiger partial charge in [0.15, 0.2) is 0 Å². The maximum Gasteiger partial charge on any atom is 0.373 e. The molecule has 0 bridgehead atoms. The van der Waals surface area contributed by atoms with Gasteiger partial charge in [-0.25, -0.2) is 34.7 Å². The summed E-state index contributed by atoms with van der Waals surface area (Å²) in [5, 5.41) is 9.71. The molecule has 0 aliphatic carbocycles. The van der Waals surface area contributed by atoms with Gasteiger partial charge in [-0.15, -0.1) is 11.3 Å². The van der Waals surface area contributed by atoms with Gasteiger partial charge in [0.05, 0.1) is 22.0 Å². The van der Waals surface area contributed by atoms with Crippen molar-refractivity contribution in [3.63, 3.8) is 0 Å². The topological polar surface area (TPSA) is 124 Å². The number of aromatic carboxylic acids is 1. The van der Waals surface area contributed by atoms with Gasteiger partial charge in [-0.1, -0.05) is 6.07 Å². The highest BCUT2D eigenvalue weighted by molar-refractivity contribution is 7.15. The number of hydrogen-bond acceptors (Lipinski definition) is 9. The fraction of sp³-hybridized carbons (Fsp3) is 0.105. The Bertz CT molecular complexity index is 1150. The van der Waals surface area contributed by atoms with Crippen molar-refractivity contribution in [1.82, 2.24) is 29.9 Å². The molecule has 9 nitrogen and oxygen atoms in total. The maximum atomic E-state index is 10.9. The molecular weight excluding hydrogens is 392 g/mol. The molecule has 0 radical (unpaired) electrons. The molecule has 0 atom stereocenters. The van der Waals surface area contributed by atoms with Crippen LogP contribution in [0.5, 0.6) is 6.01 Å². The van der Waals surface area contributed by atoms with E-state index in [9.17, 15) is 4.79 Å². The highest BCUT2D eigenvalue weighted by Gasteiger charge is 2.14. The monoisotopic (exact) mass is 406 g/mol. The van der Waals surface area contributed by atoms with E-state index in [0.29, 0.717) is 17.3 Å². The standard InChI is InChI=1S/C19H14N6O3S/c1-11-16(29-15(24-11)10-28-19-20-6-3-7-21-19)14-5-2-4-13(25-14)12-8-22-17(18(26)27)23-9-12/h2-9H,10H2,1H3,(H,26,27). The molecule has 0 aliphatic rings. The fourth-order valence-corrected chi connectivity index (χ4v) is 3.48. The van der Waals surface area contributed by atoms with E-state index in [2.05, 4.69) is 29.9 Å². The number of aryl methyl sites for hydroxylation is 1. The molecule has 0 aromatic carbocycles. The van der Waals surface area contributed by atoms with Gasteiger partial charge in [0, 0.05) is 30.4 Å². The predicted molar refractivity (Wildman–Crippen MR) is 104 cm³/mol. The Kier molecular flexibility index (Phi) is 5.16. The normalized spacial score (nSPS) is 10.7. The van der Waals surface area contributed by atoms with Crippen molar-refractivity contribution in [3.8, 4) is 27.8 Å². The number of aromatic nitrogens is 6. The molecule has 0 aliphatic heterocycles. The summed E-state index contributed by atoms with van der Waals surface area (Å²) in [4.78, 5) is 36.8. The van der Waals surface area contributed by atoms with Crippen LogP contribution in [0, 0.1) is 6.92 Å². The molecule has 4 rings (SSSR count). The number of pyridine rings is 1. The van der Waals surface area contributed by atoms with E-state index >= 15 is 0 Å². The molecule has 4 aromatic rings. The Morgan fingerprint density at radius 2 is 1.76 bits per heavy atom. The van der Waals surface area contributed by atoms with Crippen LogP contribution < -0.4 is 4.74 Å². The lowest BCUT2D eigenvalue weighted by molar-refractivity contribution is 0.0683. The molecule has 0 fully saturated rings. The molecule has 0 saturated carbocycles. The minimum atomic E-state index is -1.17. The van der Waals surface area contributed by atoms with Crippen molar-refractivity contribution in [2.75, 3.05) is 0 Å². The largest absolute Gasteiger partial charge is 0.475 e. The van der Waals surface area contributed by atoms with E-state index in [4.69, 9.17) is 9.84 Å². The molecule has 4 aromatic heterocycles. The zero-order valence-electron chi connectivity index (χ0n) is 15.2. The van der Waals surface area contributed by atoms with E-state index in [-0.39, 0.29) is 12.4 Å². The summed E-state index contributed by atoms with van der Waals surface area (Å²) in [5.41, 5.74) is 2.86. The van der Waals surface area contributed by atoms with Crippen LogP contribution >= 0.6 is 11.3 Å². The Balaban J connectivity index is 1.56. The number of carboxylic acids is 1. The Labute approximate surface area is 169 Å². The molecule has 0 unspecified atom stereocenters. The third-order valence-electron chi connectivity index (χ3n) is 3.83. The predicted octanol–water partition coefficient (Wildman–Crippen LogP) is 3.04. The Morgan fingerprint density at radius 3 is 2.48 bits per heavy atom. The van der Waals surface area contributed by atoms with Crippen LogP contribution in [0.2, 0.25) is 0 Å². The molecule has 144 valence electrons. The van der Waals surface area contributed by atoms with Gasteiger partial charge in [0.25, 0.3) is 0 Å². The average Bonchev–Trinajstić information content (AvgIpc) is 3.14. The van der Waals surface area contributed by atoms with E-state index in [1.807, 2.05) is 25.1 Å². The van der Waals surface area contributed by atoms with Gasteiger partial charge >= 0.3 is 12.0 Å². The fourth-order valence-electron chi connectivity index (χ4n) is 2.53. The average molecular weight is 406 g/mol. The molecule has 0 amide bonds. The van der Waals surface area contributed by atoms with E-state index < -0.39 is 5.97 Å². The van der Waals surface area contributed by atoms with Crippen molar-refractivity contribution in [2.24, 2.45) is 0 Å². The van der Waals surface area contributed by atoms with Crippen molar-refractivity contribution in [1.29, 1.82) is 0 Å². The molecule has 1 N–H and O–H groups in total. The van der Waals surface area contributed by atoms with Gasteiger partial charge in [0.1, 0.15) is 11.6 Å². The smallest absolute Gasteiger partial charge is 0.373 e. The van der Waals surface area contributed by atoms with Crippen LogP contribution in [-0.2, 0) is 6.61 Å². The maximum absolute atomic E-state index is 10.9. The highest BCUT2D eigenvalue weighted by Crippen LogP contribution is 2.30. The Hall–Kier alpha value is -3.79. The summed E-state index contributed by atoms with van der Waals surface area (Å²) >= 11 is 1.48. The Morgan fingerprint density at radius 1 is 1.03 bits per heavy atom. The number of carboxylic acid groups (broad SMARTS) is 1. The van der Waals surface area contributed by atoms with Gasteiger partial charge in [-0.05, 0) is 25.1 Å². The molecule has 4 heterocycles. The van der Waals surface area contributed by atoms with Crippen molar-refractivity contribution < 1.29 is 14.6 Å². The van der Waals surface area contributed by atoms with Crippen LogP contribution in [0.4, 0.5) is 0 Å². The zero-order valence-corrected chi connectivity index (χ0v) is 16.0. The number of rotatable bonds is 6. The third kappa shape index (κ3) is 4.22. The van der Waals surface area contributed by atoms with Crippen LogP contribution in [0.25, 0.3) is 21.8 Å². The second kappa shape index (κ2) is 8.07. The summed E-state index contributed by atoms with van der Waals surface area (Å²) in [6.07, 6.45) is 6.12. The van der Waals surface area contributed by atoms with Crippen molar-refractivity contribution in [3.05, 3.63) is 65.6 Å². The number of carbonyl (C=O) groups is 1. The first-order valence-electron chi connectivity index (χ1n) is 8.49. The molecule has 10 heteroatoms. The highest BCUT2D eigenvalue weighted by atomic mass is 32.1. The number of thiazole rings is 1. The summed E-state index contributed by atoms with van der Waals surface area (Å²) < 4.78 is 5.56. The number of ether oxygens (including phenoxy) is 1. The van der Waals surface area contributed by atoms with Gasteiger partial charge in [0.2, 0.25) is 5.82 Å². The van der Waals surface area contributed by atoms with E-state index in [1.165, 1.54) is 23.7 Å². The lowest BCUT2D eigenvalue weighted by Crippen LogP contribution is -2.03. The molecule has 0 saturated heterocycles. The lowest BCUT2D eigenvalue weighted by Gasteiger charge is -2.04. The first kappa shape index (κ1) is 18.6. The minimum Gasteiger partial charge on any atom is -0.475 e. The molecule has 0 spiro atoms. The first-order valence-corrected chi connectivity index (χ1v) is 9.31. The van der Waals surface area contributed by atoms with Crippen LogP contribution in [0.1, 0.15) is 21.3 Å². The van der Waals surface area contributed by atoms with Gasteiger partial charge in [-0.3, -0.25) is 0 Å². The van der Waals surface area contributed by atoms with Gasteiger partial charge < -0.3 is 9.84 Å². The molecular formula is C19H14N6O3S. The summed E-state index contributed by atoms with van der Waals surface area (Å²) in [5.74, 6) is -1.43.